The molecule has 5 heteroatoms. The SMILES string of the molecule is c1snnc1CNCCCOC1CCCC1. The van der Waals surface area contributed by atoms with Gasteiger partial charge in [0, 0.05) is 18.5 Å². The molecule has 90 valence electrons. The predicted molar refractivity (Wildman–Crippen MR) is 64.4 cm³/mol. The summed E-state index contributed by atoms with van der Waals surface area (Å²) < 4.78 is 9.59. The van der Waals surface area contributed by atoms with E-state index in [-0.39, 0.29) is 0 Å². The summed E-state index contributed by atoms with van der Waals surface area (Å²) in [5.74, 6) is 0. The van der Waals surface area contributed by atoms with E-state index < -0.39 is 0 Å². The molecule has 0 amide bonds. The van der Waals surface area contributed by atoms with Crippen molar-refractivity contribution in [1.82, 2.24) is 14.9 Å². The van der Waals surface area contributed by atoms with E-state index in [2.05, 4.69) is 14.9 Å². The van der Waals surface area contributed by atoms with Gasteiger partial charge >= 0.3 is 0 Å². The summed E-state index contributed by atoms with van der Waals surface area (Å²) in [6, 6.07) is 0. The minimum atomic E-state index is 0.544. The third-order valence-corrected chi connectivity index (χ3v) is 3.42. The molecule has 0 aliphatic heterocycles. The van der Waals surface area contributed by atoms with E-state index in [0.29, 0.717) is 6.10 Å². The quantitative estimate of drug-likeness (QED) is 0.741. The second-order valence-electron chi connectivity index (χ2n) is 4.20. The first kappa shape index (κ1) is 12.0. The molecule has 1 aliphatic rings. The van der Waals surface area contributed by atoms with Crippen molar-refractivity contribution in [2.45, 2.75) is 44.8 Å². The molecule has 1 aromatic heterocycles. The van der Waals surface area contributed by atoms with Crippen molar-refractivity contribution in [3.05, 3.63) is 11.1 Å². The molecule has 0 radical (unpaired) electrons. The number of nitrogens with zero attached hydrogens (tertiary/aromatic N) is 2. The third kappa shape index (κ3) is 4.15. The highest BCUT2D eigenvalue weighted by Crippen LogP contribution is 2.20. The van der Waals surface area contributed by atoms with Crippen molar-refractivity contribution in [2.24, 2.45) is 0 Å². The summed E-state index contributed by atoms with van der Waals surface area (Å²) in [5, 5.41) is 9.28. The van der Waals surface area contributed by atoms with Crippen LogP contribution in [-0.2, 0) is 11.3 Å². The zero-order valence-corrected chi connectivity index (χ0v) is 10.3. The lowest BCUT2D eigenvalue weighted by atomic mass is 10.3. The van der Waals surface area contributed by atoms with Crippen LogP contribution < -0.4 is 5.32 Å². The second-order valence-corrected chi connectivity index (χ2v) is 4.81. The average Bonchev–Trinajstić information content (AvgIpc) is 2.96. The van der Waals surface area contributed by atoms with Crippen LogP contribution in [0.15, 0.2) is 5.38 Å². The standard InChI is InChI=1S/C11H19N3OS/c1-2-5-11(4-1)15-7-3-6-12-8-10-9-16-14-13-10/h9,11-12H,1-8H2. The van der Waals surface area contributed by atoms with Gasteiger partial charge in [-0.1, -0.05) is 17.3 Å². The number of hydrogen-bond acceptors (Lipinski definition) is 5. The van der Waals surface area contributed by atoms with E-state index in [1.807, 2.05) is 5.38 Å². The lowest BCUT2D eigenvalue weighted by molar-refractivity contribution is 0.0568. The molecule has 16 heavy (non-hydrogen) atoms. The van der Waals surface area contributed by atoms with Crippen LogP contribution in [0.2, 0.25) is 0 Å². The zero-order valence-electron chi connectivity index (χ0n) is 9.52. The number of hydrogen-bond donors (Lipinski definition) is 1. The normalized spacial score (nSPS) is 17.0. The molecule has 2 rings (SSSR count). The Bertz CT molecular complexity index is 273. The molecule has 1 aromatic rings. The van der Waals surface area contributed by atoms with Gasteiger partial charge in [-0.3, -0.25) is 0 Å². The fraction of sp³-hybridized carbons (Fsp3) is 0.818. The van der Waals surface area contributed by atoms with E-state index in [4.69, 9.17) is 4.74 Å². The van der Waals surface area contributed by atoms with Crippen LogP contribution in [0.4, 0.5) is 0 Å². The molecule has 1 heterocycles. The molecule has 1 fully saturated rings. The Morgan fingerprint density at radius 2 is 2.31 bits per heavy atom. The highest BCUT2D eigenvalue weighted by molar-refractivity contribution is 7.03. The first-order valence-electron chi connectivity index (χ1n) is 6.03. The number of aromatic nitrogens is 2. The van der Waals surface area contributed by atoms with E-state index in [1.165, 1.54) is 37.2 Å². The maximum Gasteiger partial charge on any atom is 0.0893 e. The van der Waals surface area contributed by atoms with Gasteiger partial charge in [-0.25, -0.2) is 0 Å². The minimum Gasteiger partial charge on any atom is -0.378 e. The molecule has 4 nitrogen and oxygen atoms in total. The van der Waals surface area contributed by atoms with Crippen molar-refractivity contribution in [1.29, 1.82) is 0 Å². The first-order chi connectivity index (χ1) is 7.95. The van der Waals surface area contributed by atoms with Crippen molar-refractivity contribution in [3.8, 4) is 0 Å². The average molecular weight is 241 g/mol. The largest absolute Gasteiger partial charge is 0.378 e. The Balaban J connectivity index is 1.43. The van der Waals surface area contributed by atoms with E-state index >= 15 is 0 Å². The highest BCUT2D eigenvalue weighted by Gasteiger charge is 2.14. The topological polar surface area (TPSA) is 47.0 Å². The molecule has 0 spiro atoms. The van der Waals surface area contributed by atoms with E-state index in [0.717, 1.165) is 31.8 Å². The van der Waals surface area contributed by atoms with Crippen LogP contribution in [0.3, 0.4) is 0 Å². The Morgan fingerprint density at radius 3 is 3.06 bits per heavy atom. The summed E-state index contributed by atoms with van der Waals surface area (Å²) in [5.41, 5.74) is 1.03. The van der Waals surface area contributed by atoms with Gasteiger partial charge in [-0.05, 0) is 37.3 Å². The lowest BCUT2D eigenvalue weighted by Gasteiger charge is -2.10. The van der Waals surface area contributed by atoms with Crippen molar-refractivity contribution >= 4 is 11.5 Å². The summed E-state index contributed by atoms with van der Waals surface area (Å²) in [4.78, 5) is 0. The van der Waals surface area contributed by atoms with Gasteiger partial charge in [0.2, 0.25) is 0 Å². The molecular weight excluding hydrogens is 222 g/mol. The monoisotopic (exact) mass is 241 g/mol. The number of ether oxygens (including phenoxy) is 1. The fourth-order valence-corrected chi connectivity index (χ4v) is 2.43. The molecular formula is C11H19N3OS. The smallest absolute Gasteiger partial charge is 0.0893 e. The van der Waals surface area contributed by atoms with Crippen LogP contribution >= 0.6 is 11.5 Å². The maximum absolute atomic E-state index is 5.77. The molecule has 1 aliphatic carbocycles. The van der Waals surface area contributed by atoms with Gasteiger partial charge < -0.3 is 10.1 Å². The van der Waals surface area contributed by atoms with Crippen LogP contribution in [0.1, 0.15) is 37.8 Å². The van der Waals surface area contributed by atoms with Crippen molar-refractivity contribution in [2.75, 3.05) is 13.2 Å². The van der Waals surface area contributed by atoms with Crippen LogP contribution in [0, 0.1) is 0 Å². The molecule has 0 bridgehead atoms. The Kier molecular flexibility index (Phi) is 5.18. The summed E-state index contributed by atoms with van der Waals surface area (Å²) in [6.45, 7) is 2.69. The van der Waals surface area contributed by atoms with Crippen molar-refractivity contribution < 1.29 is 4.74 Å². The van der Waals surface area contributed by atoms with E-state index in [9.17, 15) is 0 Å². The van der Waals surface area contributed by atoms with Gasteiger partial charge in [0.05, 0.1) is 11.8 Å². The van der Waals surface area contributed by atoms with Gasteiger partial charge in [-0.15, -0.1) is 5.10 Å². The van der Waals surface area contributed by atoms with Crippen molar-refractivity contribution in [3.63, 3.8) is 0 Å². The Labute approximate surface area is 101 Å². The maximum atomic E-state index is 5.77. The molecule has 1 N–H and O–H groups in total. The summed E-state index contributed by atoms with van der Waals surface area (Å²) in [6.07, 6.45) is 6.84. The zero-order chi connectivity index (χ0) is 11.1. The molecule has 0 saturated heterocycles. The minimum absolute atomic E-state index is 0.544. The second kappa shape index (κ2) is 6.93. The van der Waals surface area contributed by atoms with Crippen LogP contribution in [-0.4, -0.2) is 28.8 Å². The van der Waals surface area contributed by atoms with Gasteiger partial charge in [-0.2, -0.15) is 0 Å². The summed E-state index contributed by atoms with van der Waals surface area (Å²) >= 11 is 1.40. The Morgan fingerprint density at radius 1 is 1.44 bits per heavy atom. The lowest BCUT2D eigenvalue weighted by Crippen LogP contribution is -2.18. The Hall–Kier alpha value is -0.520. The molecule has 1 saturated carbocycles. The van der Waals surface area contributed by atoms with Gasteiger partial charge in [0.25, 0.3) is 0 Å². The molecule has 0 aromatic carbocycles. The van der Waals surface area contributed by atoms with Gasteiger partial charge in [0.15, 0.2) is 0 Å². The number of rotatable bonds is 7. The summed E-state index contributed by atoms with van der Waals surface area (Å²) in [7, 11) is 0. The third-order valence-electron chi connectivity index (χ3n) is 2.86. The van der Waals surface area contributed by atoms with E-state index in [1.54, 1.807) is 0 Å². The molecule has 0 unspecified atom stereocenters. The van der Waals surface area contributed by atoms with Crippen LogP contribution in [0.5, 0.6) is 0 Å². The fourth-order valence-electron chi connectivity index (χ4n) is 1.98. The highest BCUT2D eigenvalue weighted by atomic mass is 32.1. The first-order valence-corrected chi connectivity index (χ1v) is 6.87. The molecule has 0 atom stereocenters. The van der Waals surface area contributed by atoms with Gasteiger partial charge in [0.1, 0.15) is 0 Å². The van der Waals surface area contributed by atoms with Crippen LogP contribution in [0.25, 0.3) is 0 Å². The number of nitrogens with one attached hydrogen (secondary N) is 1. The predicted octanol–water partition coefficient (Wildman–Crippen LogP) is 1.98.